The second kappa shape index (κ2) is 5.97. The number of nitrogens with zero attached hydrogens (tertiary/aromatic N) is 1. The molecule has 5 N–H and O–H groups in total. The van der Waals surface area contributed by atoms with E-state index >= 15 is 0 Å². The van der Waals surface area contributed by atoms with E-state index in [2.05, 4.69) is 4.18 Å². The largest absolute Gasteiger partial charge is 0.478 e. The van der Waals surface area contributed by atoms with E-state index in [0.29, 0.717) is 0 Å². The molecule has 0 spiro atoms. The first-order valence-electron chi connectivity index (χ1n) is 5.72. The van der Waals surface area contributed by atoms with E-state index in [1.165, 1.54) is 0 Å². The Kier molecular flexibility index (Phi) is 4.98. The summed E-state index contributed by atoms with van der Waals surface area (Å²) in [5.74, 6) is -9.48. The monoisotopic (exact) mass is 407 g/mol. The summed E-state index contributed by atoms with van der Waals surface area (Å²) < 4.78 is 65.8. The van der Waals surface area contributed by atoms with Crippen LogP contribution in [0.1, 0.15) is 12.8 Å². The Balaban J connectivity index is 4.09. The predicted octanol–water partition coefficient (Wildman–Crippen LogP) is -3.60. The number of imide groups is 1. The van der Waals surface area contributed by atoms with Gasteiger partial charge in [0.15, 0.2) is 0 Å². The molecule has 0 bridgehead atoms. The Bertz CT molecular complexity index is 841. The van der Waals surface area contributed by atoms with Crippen LogP contribution in [0.2, 0.25) is 0 Å². The molecule has 2 amide bonds. The highest BCUT2D eigenvalue weighted by atomic mass is 32.3. The van der Waals surface area contributed by atoms with Gasteiger partial charge < -0.3 is 15.3 Å². The van der Waals surface area contributed by atoms with Crippen LogP contribution in [-0.4, -0.2) is 80.6 Å². The van der Waals surface area contributed by atoms with Gasteiger partial charge >= 0.3 is 43.1 Å². The number of carboxylic acid groups (broad SMARTS) is 2. The average Bonchev–Trinajstić information content (AvgIpc) is 2.72. The third-order valence-electron chi connectivity index (χ3n) is 3.00. The van der Waals surface area contributed by atoms with E-state index in [9.17, 15) is 46.2 Å². The summed E-state index contributed by atoms with van der Waals surface area (Å²) in [5, 5.41) is 28.0. The van der Waals surface area contributed by atoms with E-state index in [1.807, 2.05) is 0 Å². The van der Waals surface area contributed by atoms with Gasteiger partial charge in [0.2, 0.25) is 11.8 Å². The zero-order chi connectivity index (χ0) is 20.0. The first-order valence-corrected chi connectivity index (χ1v) is 8.53. The van der Waals surface area contributed by atoms with Crippen molar-refractivity contribution in [3.8, 4) is 0 Å². The Morgan fingerprint density at radius 2 is 1.36 bits per heavy atom. The van der Waals surface area contributed by atoms with Crippen LogP contribution in [0.25, 0.3) is 0 Å². The van der Waals surface area contributed by atoms with Crippen molar-refractivity contribution in [1.82, 2.24) is 4.90 Å². The fourth-order valence-electron chi connectivity index (χ4n) is 2.03. The molecule has 0 aromatic rings. The van der Waals surface area contributed by atoms with Gasteiger partial charge in [0.25, 0.3) is 0 Å². The summed E-state index contributed by atoms with van der Waals surface area (Å²) in [4.78, 5) is 40.2. The molecule has 0 saturated carbocycles. The lowest BCUT2D eigenvalue weighted by Crippen LogP contribution is -2.77. The first kappa shape index (κ1) is 20.9. The highest BCUT2D eigenvalue weighted by molar-refractivity contribution is 7.88. The maximum absolute atomic E-state index is 11.7. The molecular weight excluding hydrogens is 398 g/mol. The maximum atomic E-state index is 11.7. The fraction of sp³-hybridized carbons (Fsp3) is 0.500. The Hall–Kier alpha value is -2.18. The Morgan fingerprint density at radius 1 is 0.960 bits per heavy atom. The first-order chi connectivity index (χ1) is 11.0. The number of aliphatic hydroxyl groups is 1. The van der Waals surface area contributed by atoms with Gasteiger partial charge in [-0.25, -0.2) is 18.7 Å². The normalized spacial score (nSPS) is 20.8. The van der Waals surface area contributed by atoms with Gasteiger partial charge in [-0.05, 0) is 0 Å². The minimum atomic E-state index is -6.49. The second-order valence-electron chi connectivity index (χ2n) is 4.51. The highest BCUT2D eigenvalue weighted by Gasteiger charge is 2.78. The van der Waals surface area contributed by atoms with Crippen molar-refractivity contribution in [3.05, 3.63) is 0 Å². The SMILES string of the molecule is O=C1CCC(=O)N1[C@](OS(=O)(=O)O)(C(=O)O)[C@](O)(C(=O)O)S(=O)(=O)O. The second-order valence-corrected chi connectivity index (χ2v) is 7.07. The molecule has 0 aromatic carbocycles. The molecular formula is C8H9NO14S2. The minimum absolute atomic E-state index is 0.828. The van der Waals surface area contributed by atoms with Crippen LogP contribution >= 0.6 is 0 Å². The molecule has 0 aliphatic carbocycles. The number of carboxylic acids is 2. The third kappa shape index (κ3) is 3.07. The van der Waals surface area contributed by atoms with E-state index in [0.717, 1.165) is 0 Å². The van der Waals surface area contributed by atoms with Crippen molar-refractivity contribution in [2.75, 3.05) is 0 Å². The lowest BCUT2D eigenvalue weighted by molar-refractivity contribution is -0.215. The quantitative estimate of drug-likeness (QED) is 0.202. The standard InChI is InChI=1S/C8H9NO14S2/c10-3-1-2-4(11)9(3)7(5(12)13,23-25(20,21)22)8(16,6(14)15)24(17,18)19/h16H,1-2H2,(H,12,13)(H,14,15)(H,17,18,19)(H,20,21,22)/t7-,8-/m0/s1. The van der Waals surface area contributed by atoms with Gasteiger partial charge in [-0.1, -0.05) is 0 Å². The molecule has 0 aromatic heterocycles. The van der Waals surface area contributed by atoms with Crippen molar-refractivity contribution in [2.24, 2.45) is 0 Å². The van der Waals surface area contributed by atoms with Crippen LogP contribution in [0.5, 0.6) is 0 Å². The van der Waals surface area contributed by atoms with Crippen LogP contribution in [0, 0.1) is 0 Å². The molecule has 25 heavy (non-hydrogen) atoms. The number of carbonyl (C=O) groups is 4. The van der Waals surface area contributed by atoms with Crippen LogP contribution in [0.15, 0.2) is 0 Å². The molecule has 1 saturated heterocycles. The van der Waals surface area contributed by atoms with Crippen LogP contribution in [0.4, 0.5) is 0 Å². The van der Waals surface area contributed by atoms with Crippen LogP contribution in [0.3, 0.4) is 0 Å². The summed E-state index contributed by atoms with van der Waals surface area (Å²) in [5.41, 5.74) is -4.80. The van der Waals surface area contributed by atoms with Crippen LogP contribution < -0.4 is 0 Å². The molecule has 1 heterocycles. The average molecular weight is 407 g/mol. The molecule has 1 aliphatic heterocycles. The molecule has 0 radical (unpaired) electrons. The number of carbonyl (C=O) groups excluding carboxylic acids is 2. The molecule has 142 valence electrons. The summed E-state index contributed by atoms with van der Waals surface area (Å²) in [7, 11) is -12.6. The van der Waals surface area contributed by atoms with Crippen molar-refractivity contribution in [3.63, 3.8) is 0 Å². The molecule has 17 heteroatoms. The zero-order valence-corrected chi connectivity index (χ0v) is 13.2. The lowest BCUT2D eigenvalue weighted by atomic mass is 10.0. The number of hydrogen-bond acceptors (Lipinski definition) is 10. The summed E-state index contributed by atoms with van der Waals surface area (Å²) >= 11 is 0. The molecule has 2 atom stereocenters. The fourth-order valence-corrected chi connectivity index (χ4v) is 3.45. The molecule has 0 unspecified atom stereocenters. The van der Waals surface area contributed by atoms with Crippen molar-refractivity contribution < 1.29 is 64.6 Å². The number of aliphatic carboxylic acids is 2. The van der Waals surface area contributed by atoms with Gasteiger partial charge in [-0.2, -0.15) is 16.8 Å². The predicted molar refractivity (Wildman–Crippen MR) is 68.2 cm³/mol. The minimum Gasteiger partial charge on any atom is -0.478 e. The van der Waals surface area contributed by atoms with Crippen molar-refractivity contribution in [2.45, 2.75) is 23.5 Å². The number of hydrogen-bond donors (Lipinski definition) is 5. The summed E-state index contributed by atoms with van der Waals surface area (Å²) in [6.45, 7) is 0. The van der Waals surface area contributed by atoms with E-state index in [4.69, 9.17) is 14.2 Å². The maximum Gasteiger partial charge on any atom is 0.400 e. The number of amides is 2. The Labute approximate surface area is 138 Å². The van der Waals surface area contributed by atoms with Gasteiger partial charge in [0, 0.05) is 12.8 Å². The third-order valence-corrected chi connectivity index (χ3v) is 4.65. The van der Waals surface area contributed by atoms with E-state index in [-0.39, 0.29) is 0 Å². The number of likely N-dealkylation sites (tertiary alicyclic amines) is 1. The molecule has 1 aliphatic rings. The van der Waals surface area contributed by atoms with Crippen LogP contribution in [-0.2, 0) is 43.9 Å². The number of rotatable bonds is 7. The molecule has 1 fully saturated rings. The topological polar surface area (TPSA) is 250 Å². The zero-order valence-electron chi connectivity index (χ0n) is 11.6. The van der Waals surface area contributed by atoms with Crippen molar-refractivity contribution in [1.29, 1.82) is 0 Å². The van der Waals surface area contributed by atoms with Gasteiger partial charge in [0.1, 0.15) is 0 Å². The summed E-state index contributed by atoms with van der Waals surface area (Å²) in [6, 6.07) is 0. The summed E-state index contributed by atoms with van der Waals surface area (Å²) in [6.07, 6.45) is -1.69. The smallest absolute Gasteiger partial charge is 0.400 e. The van der Waals surface area contributed by atoms with Crippen molar-refractivity contribution >= 4 is 44.3 Å². The van der Waals surface area contributed by atoms with Gasteiger partial charge in [-0.15, -0.1) is 0 Å². The van der Waals surface area contributed by atoms with Gasteiger partial charge in [0.05, 0.1) is 0 Å². The van der Waals surface area contributed by atoms with Gasteiger partial charge in [-0.3, -0.25) is 18.7 Å². The molecule has 15 nitrogen and oxygen atoms in total. The molecule has 1 rings (SSSR count). The lowest BCUT2D eigenvalue weighted by Gasteiger charge is -2.40. The van der Waals surface area contributed by atoms with E-state index in [1.54, 1.807) is 0 Å². The van der Waals surface area contributed by atoms with E-state index < -0.39 is 72.7 Å². The Morgan fingerprint density at radius 3 is 1.60 bits per heavy atom. The highest BCUT2D eigenvalue weighted by Crippen LogP contribution is 2.39.